The molecule has 0 saturated heterocycles. The van der Waals surface area contributed by atoms with Gasteiger partial charge in [0.15, 0.2) is 0 Å². The standard InChI is InChI=1S/C11H18S6/c1-4-12-8-15-7-11(16-9-13-5-2)17-10-14-6-3/h4-6,11H,1-3,7-10H2. The lowest BCUT2D eigenvalue weighted by atomic mass is 10.9. The van der Waals surface area contributed by atoms with E-state index in [-0.39, 0.29) is 0 Å². The van der Waals surface area contributed by atoms with Gasteiger partial charge >= 0.3 is 0 Å². The Hall–Kier alpha value is 1.32. The van der Waals surface area contributed by atoms with E-state index in [1.54, 1.807) is 35.3 Å². The number of hydrogen-bond acceptors (Lipinski definition) is 6. The fraction of sp³-hybridized carbons (Fsp3) is 0.455. The summed E-state index contributed by atoms with van der Waals surface area (Å²) < 4.78 is 0.658. The second-order valence-corrected chi connectivity index (χ2v) is 10.2. The number of rotatable bonds is 13. The van der Waals surface area contributed by atoms with Crippen LogP contribution in [0.15, 0.2) is 36.0 Å². The molecule has 0 rings (SSSR count). The topological polar surface area (TPSA) is 0 Å². The summed E-state index contributed by atoms with van der Waals surface area (Å²) in [5, 5.41) is 9.01. The van der Waals surface area contributed by atoms with Crippen LogP contribution in [0.2, 0.25) is 0 Å². The van der Waals surface area contributed by atoms with Crippen LogP contribution in [0.1, 0.15) is 0 Å². The molecule has 0 unspecified atom stereocenters. The Morgan fingerprint density at radius 1 is 0.765 bits per heavy atom. The van der Waals surface area contributed by atoms with Gasteiger partial charge in [-0.15, -0.1) is 70.6 Å². The zero-order valence-corrected chi connectivity index (χ0v) is 14.6. The van der Waals surface area contributed by atoms with Crippen LogP contribution in [-0.2, 0) is 0 Å². The molecular weight excluding hydrogens is 325 g/mol. The van der Waals surface area contributed by atoms with Crippen LogP contribution in [0.25, 0.3) is 0 Å². The van der Waals surface area contributed by atoms with Crippen LogP contribution < -0.4 is 0 Å². The molecule has 0 aromatic heterocycles. The summed E-state index contributed by atoms with van der Waals surface area (Å²) >= 11 is 11.3. The van der Waals surface area contributed by atoms with Crippen molar-refractivity contribution in [3.8, 4) is 0 Å². The molecule has 0 saturated carbocycles. The van der Waals surface area contributed by atoms with E-state index in [1.807, 2.05) is 51.5 Å². The lowest BCUT2D eigenvalue weighted by molar-refractivity contribution is 1.45. The molecule has 0 spiro atoms. The van der Waals surface area contributed by atoms with Crippen LogP contribution >= 0.6 is 70.6 Å². The Bertz CT molecular complexity index is 192. The van der Waals surface area contributed by atoms with Gasteiger partial charge in [0, 0.05) is 21.0 Å². The minimum absolute atomic E-state index is 0.658. The van der Waals surface area contributed by atoms with E-state index in [0.717, 1.165) is 15.3 Å². The smallest absolute Gasteiger partial charge is 0.0609 e. The summed E-state index contributed by atoms with van der Waals surface area (Å²) in [4.78, 5) is 0. The van der Waals surface area contributed by atoms with Crippen molar-refractivity contribution in [1.82, 2.24) is 0 Å². The van der Waals surface area contributed by atoms with Gasteiger partial charge in [0.05, 0.1) is 4.58 Å². The first kappa shape index (κ1) is 18.3. The van der Waals surface area contributed by atoms with Gasteiger partial charge in [-0.05, 0) is 16.2 Å². The maximum absolute atomic E-state index is 3.73. The Morgan fingerprint density at radius 3 is 1.71 bits per heavy atom. The van der Waals surface area contributed by atoms with Crippen LogP contribution in [0.4, 0.5) is 0 Å². The molecule has 0 atom stereocenters. The van der Waals surface area contributed by atoms with Gasteiger partial charge in [-0.3, -0.25) is 0 Å². The van der Waals surface area contributed by atoms with Crippen molar-refractivity contribution >= 4 is 70.6 Å². The summed E-state index contributed by atoms with van der Waals surface area (Å²) in [6.07, 6.45) is 0. The highest BCUT2D eigenvalue weighted by atomic mass is 32.3. The lowest BCUT2D eigenvalue weighted by Crippen LogP contribution is -2.02. The molecule has 0 aliphatic heterocycles. The second kappa shape index (κ2) is 15.4. The van der Waals surface area contributed by atoms with Crippen LogP contribution in [-0.4, -0.2) is 25.6 Å². The van der Waals surface area contributed by atoms with E-state index in [2.05, 4.69) is 19.7 Å². The zero-order chi connectivity index (χ0) is 12.8. The highest BCUT2D eigenvalue weighted by molar-refractivity contribution is 8.28. The molecular formula is C11H18S6. The second-order valence-electron chi connectivity index (χ2n) is 2.49. The molecule has 0 aliphatic carbocycles. The Balaban J connectivity index is 3.70. The fourth-order valence-electron chi connectivity index (χ4n) is 0.711. The molecule has 0 radical (unpaired) electrons. The molecule has 0 aromatic rings. The number of hydrogen-bond donors (Lipinski definition) is 0. The summed E-state index contributed by atoms with van der Waals surface area (Å²) in [5.41, 5.74) is 0. The van der Waals surface area contributed by atoms with Gasteiger partial charge in [-0.1, -0.05) is 19.7 Å². The first-order valence-electron chi connectivity index (χ1n) is 4.83. The molecule has 0 aromatic carbocycles. The van der Waals surface area contributed by atoms with Crippen LogP contribution in [0.5, 0.6) is 0 Å². The van der Waals surface area contributed by atoms with Gasteiger partial charge in [0.25, 0.3) is 0 Å². The monoisotopic (exact) mass is 342 g/mol. The Morgan fingerprint density at radius 2 is 1.24 bits per heavy atom. The van der Waals surface area contributed by atoms with Crippen molar-refractivity contribution in [2.75, 3.05) is 21.0 Å². The lowest BCUT2D eigenvalue weighted by Gasteiger charge is -2.14. The van der Waals surface area contributed by atoms with Gasteiger partial charge in [-0.25, -0.2) is 0 Å². The van der Waals surface area contributed by atoms with E-state index in [0.29, 0.717) is 4.58 Å². The highest BCUT2D eigenvalue weighted by Crippen LogP contribution is 2.32. The number of thioether (sulfide) groups is 6. The van der Waals surface area contributed by atoms with Gasteiger partial charge in [0.1, 0.15) is 0 Å². The summed E-state index contributed by atoms with van der Waals surface area (Å²) in [7, 11) is 0. The molecule has 17 heavy (non-hydrogen) atoms. The SMILES string of the molecule is C=CSCSCC(SCSC=C)SCSC=C. The third-order valence-electron chi connectivity index (χ3n) is 1.40. The Kier molecular flexibility index (Phi) is 16.6. The molecule has 0 aliphatic rings. The molecule has 0 N–H and O–H groups in total. The average molecular weight is 343 g/mol. The minimum Gasteiger partial charge on any atom is -0.149 e. The molecule has 0 bridgehead atoms. The van der Waals surface area contributed by atoms with Crippen molar-refractivity contribution in [1.29, 1.82) is 0 Å². The van der Waals surface area contributed by atoms with Crippen molar-refractivity contribution in [2.45, 2.75) is 4.58 Å². The normalized spacial score (nSPS) is 10.4. The molecule has 0 nitrogen and oxygen atoms in total. The molecule has 6 heteroatoms. The highest BCUT2D eigenvalue weighted by Gasteiger charge is 2.09. The molecule has 0 amide bonds. The molecule has 0 fully saturated rings. The van der Waals surface area contributed by atoms with E-state index < -0.39 is 0 Å². The largest absolute Gasteiger partial charge is 0.149 e. The summed E-state index contributed by atoms with van der Waals surface area (Å²) in [6.45, 7) is 11.2. The third-order valence-corrected chi connectivity index (χ3v) is 8.38. The van der Waals surface area contributed by atoms with Gasteiger partial charge in [-0.2, -0.15) is 0 Å². The zero-order valence-electron chi connectivity index (χ0n) is 9.71. The van der Waals surface area contributed by atoms with Crippen LogP contribution in [0, 0.1) is 0 Å². The summed E-state index contributed by atoms with van der Waals surface area (Å²) in [5.74, 6) is 1.19. The van der Waals surface area contributed by atoms with E-state index in [1.165, 1.54) is 5.75 Å². The third kappa shape index (κ3) is 13.6. The first-order chi connectivity index (χ1) is 8.35. The van der Waals surface area contributed by atoms with E-state index in [9.17, 15) is 0 Å². The van der Waals surface area contributed by atoms with Crippen LogP contribution in [0.3, 0.4) is 0 Å². The Labute approximate surface area is 131 Å². The maximum Gasteiger partial charge on any atom is 0.0609 e. The first-order valence-corrected chi connectivity index (χ1v) is 11.2. The molecule has 0 heterocycles. The van der Waals surface area contributed by atoms with Crippen molar-refractivity contribution < 1.29 is 0 Å². The van der Waals surface area contributed by atoms with Gasteiger partial charge < -0.3 is 0 Å². The average Bonchev–Trinajstić information content (AvgIpc) is 2.34. The van der Waals surface area contributed by atoms with Crippen molar-refractivity contribution in [2.24, 2.45) is 0 Å². The maximum atomic E-state index is 3.73. The quantitative estimate of drug-likeness (QED) is 0.294. The van der Waals surface area contributed by atoms with Gasteiger partial charge in [0.2, 0.25) is 0 Å². The van der Waals surface area contributed by atoms with E-state index in [4.69, 9.17) is 0 Å². The fourth-order valence-corrected chi connectivity index (χ4v) is 7.40. The van der Waals surface area contributed by atoms with Crippen molar-refractivity contribution in [3.63, 3.8) is 0 Å². The minimum atomic E-state index is 0.658. The van der Waals surface area contributed by atoms with E-state index >= 15 is 0 Å². The predicted octanol–water partition coefficient (Wildman–Crippen LogP) is 6.01. The van der Waals surface area contributed by atoms with Crippen molar-refractivity contribution in [3.05, 3.63) is 36.0 Å². The predicted molar refractivity (Wildman–Crippen MR) is 99.4 cm³/mol. The molecule has 98 valence electrons. The summed E-state index contributed by atoms with van der Waals surface area (Å²) in [6, 6.07) is 0.